The summed E-state index contributed by atoms with van der Waals surface area (Å²) < 4.78 is 2.25. The Morgan fingerprint density at radius 3 is 2.77 bits per heavy atom. The number of halogens is 2. The fourth-order valence-corrected chi connectivity index (χ4v) is 4.05. The summed E-state index contributed by atoms with van der Waals surface area (Å²) >= 11 is 8.61. The molecule has 1 aromatic heterocycles. The Hall–Kier alpha value is 0.180. The van der Waals surface area contributed by atoms with Gasteiger partial charge in [0.15, 0.2) is 0 Å². The molecule has 1 aromatic rings. The molecule has 0 aliphatic carbocycles. The Kier molecular flexibility index (Phi) is 4.47. The van der Waals surface area contributed by atoms with E-state index < -0.39 is 0 Å². The number of terminal acetylenes is 1. The zero-order chi connectivity index (χ0) is 9.84. The van der Waals surface area contributed by atoms with Gasteiger partial charge in [0.1, 0.15) is 0 Å². The van der Waals surface area contributed by atoms with Gasteiger partial charge in [-0.1, -0.05) is 0 Å². The second kappa shape index (κ2) is 5.16. The molecule has 0 radical (unpaired) electrons. The van der Waals surface area contributed by atoms with E-state index in [4.69, 9.17) is 6.42 Å². The first kappa shape index (κ1) is 11.3. The molecule has 0 saturated carbocycles. The van der Waals surface area contributed by atoms with E-state index in [1.54, 1.807) is 11.3 Å². The standard InChI is InChI=1S/C9H9Br2NS/c1-3-4-7(12-2)6-5-8(10)13-9(6)11/h1,5,7,12H,4H2,2H3. The Bertz CT molecular complexity index is 327. The van der Waals surface area contributed by atoms with Crippen molar-refractivity contribution >= 4 is 43.2 Å². The van der Waals surface area contributed by atoms with Gasteiger partial charge in [-0.2, -0.15) is 0 Å². The number of rotatable bonds is 3. The fraction of sp³-hybridized carbons (Fsp3) is 0.333. The Balaban J connectivity index is 2.91. The maximum absolute atomic E-state index is 5.29. The smallest absolute Gasteiger partial charge is 0.0758 e. The van der Waals surface area contributed by atoms with Crippen LogP contribution >= 0.6 is 43.2 Å². The highest BCUT2D eigenvalue weighted by molar-refractivity contribution is 9.12. The van der Waals surface area contributed by atoms with E-state index in [0.717, 1.165) is 7.57 Å². The van der Waals surface area contributed by atoms with Crippen molar-refractivity contribution in [3.63, 3.8) is 0 Å². The van der Waals surface area contributed by atoms with Gasteiger partial charge in [0.25, 0.3) is 0 Å². The third-order valence-corrected chi connectivity index (χ3v) is 4.11. The zero-order valence-corrected chi connectivity index (χ0v) is 11.1. The molecule has 4 heteroatoms. The second-order valence-corrected chi connectivity index (χ2v) is 6.28. The molecule has 1 N–H and O–H groups in total. The van der Waals surface area contributed by atoms with Gasteiger partial charge in [0.05, 0.1) is 7.57 Å². The van der Waals surface area contributed by atoms with Crippen molar-refractivity contribution in [3.8, 4) is 12.3 Å². The normalized spacial score (nSPS) is 12.5. The topological polar surface area (TPSA) is 12.0 Å². The third kappa shape index (κ3) is 2.81. The summed E-state index contributed by atoms with van der Waals surface area (Å²) in [5, 5.41) is 3.19. The minimum atomic E-state index is 0.238. The van der Waals surface area contributed by atoms with Crippen LogP contribution in [0.1, 0.15) is 18.0 Å². The first-order valence-electron chi connectivity index (χ1n) is 3.74. The molecule has 1 nitrogen and oxygen atoms in total. The van der Waals surface area contributed by atoms with Gasteiger partial charge < -0.3 is 5.32 Å². The molecular weight excluding hydrogens is 314 g/mol. The molecule has 0 bridgehead atoms. The van der Waals surface area contributed by atoms with Crippen molar-refractivity contribution in [2.45, 2.75) is 12.5 Å². The van der Waals surface area contributed by atoms with Gasteiger partial charge in [-0.15, -0.1) is 23.7 Å². The molecule has 13 heavy (non-hydrogen) atoms. The van der Waals surface area contributed by atoms with E-state index in [9.17, 15) is 0 Å². The van der Waals surface area contributed by atoms with Crippen molar-refractivity contribution in [1.82, 2.24) is 5.32 Å². The lowest BCUT2D eigenvalue weighted by molar-refractivity contribution is 0.611. The Morgan fingerprint density at radius 2 is 2.38 bits per heavy atom. The van der Waals surface area contributed by atoms with Crippen LogP contribution in [0, 0.1) is 12.3 Å². The van der Waals surface area contributed by atoms with E-state index in [0.29, 0.717) is 6.42 Å². The molecule has 1 heterocycles. The number of thiophene rings is 1. The maximum atomic E-state index is 5.29. The van der Waals surface area contributed by atoms with Gasteiger partial charge in [-0.3, -0.25) is 0 Å². The molecule has 70 valence electrons. The van der Waals surface area contributed by atoms with Crippen LogP contribution < -0.4 is 5.32 Å². The summed E-state index contributed by atoms with van der Waals surface area (Å²) in [4.78, 5) is 0. The second-order valence-electron chi connectivity index (χ2n) is 2.53. The minimum absolute atomic E-state index is 0.238. The number of nitrogens with one attached hydrogen (secondary N) is 1. The summed E-state index contributed by atoms with van der Waals surface area (Å²) in [5.74, 6) is 2.66. The molecule has 0 aliphatic rings. The van der Waals surface area contributed by atoms with E-state index in [1.807, 2.05) is 7.05 Å². The minimum Gasteiger partial charge on any atom is -0.312 e. The third-order valence-electron chi connectivity index (χ3n) is 1.73. The molecule has 0 fully saturated rings. The highest BCUT2D eigenvalue weighted by Crippen LogP contribution is 2.36. The van der Waals surface area contributed by atoms with Crippen LogP contribution in [0.3, 0.4) is 0 Å². The lowest BCUT2D eigenvalue weighted by Gasteiger charge is -2.11. The molecular formula is C9H9Br2NS. The molecule has 0 saturated heterocycles. The lowest BCUT2D eigenvalue weighted by atomic mass is 10.1. The quantitative estimate of drug-likeness (QED) is 0.839. The maximum Gasteiger partial charge on any atom is 0.0758 e. The van der Waals surface area contributed by atoms with E-state index in [-0.39, 0.29) is 6.04 Å². The van der Waals surface area contributed by atoms with Gasteiger partial charge in [0, 0.05) is 12.5 Å². The average molecular weight is 323 g/mol. The van der Waals surface area contributed by atoms with Crippen molar-refractivity contribution in [2.75, 3.05) is 7.05 Å². The fourth-order valence-electron chi connectivity index (χ4n) is 1.08. The molecule has 1 atom stereocenters. The van der Waals surface area contributed by atoms with Crippen molar-refractivity contribution in [2.24, 2.45) is 0 Å². The largest absolute Gasteiger partial charge is 0.312 e. The zero-order valence-electron chi connectivity index (χ0n) is 7.10. The van der Waals surface area contributed by atoms with Crippen LogP contribution in [0.4, 0.5) is 0 Å². The summed E-state index contributed by atoms with van der Waals surface area (Å²) in [5.41, 5.74) is 1.22. The molecule has 0 spiro atoms. The van der Waals surface area contributed by atoms with E-state index >= 15 is 0 Å². The van der Waals surface area contributed by atoms with Gasteiger partial charge in [-0.25, -0.2) is 0 Å². The van der Waals surface area contributed by atoms with Crippen LogP contribution in [-0.4, -0.2) is 7.05 Å². The highest BCUT2D eigenvalue weighted by Gasteiger charge is 2.14. The predicted molar refractivity (Wildman–Crippen MR) is 65.0 cm³/mol. The predicted octanol–water partition coefficient (Wildman–Crippen LogP) is 3.56. The van der Waals surface area contributed by atoms with Crippen LogP contribution in [-0.2, 0) is 0 Å². The average Bonchev–Trinajstić information content (AvgIpc) is 2.41. The first-order valence-corrected chi connectivity index (χ1v) is 6.14. The van der Waals surface area contributed by atoms with Crippen molar-refractivity contribution in [1.29, 1.82) is 0 Å². The van der Waals surface area contributed by atoms with Crippen LogP contribution in [0.5, 0.6) is 0 Å². The summed E-state index contributed by atoms with van der Waals surface area (Å²) in [6.45, 7) is 0. The first-order chi connectivity index (χ1) is 6.19. The Labute approximate surface area is 99.2 Å². The molecule has 0 aromatic carbocycles. The van der Waals surface area contributed by atoms with Gasteiger partial charge in [0.2, 0.25) is 0 Å². The van der Waals surface area contributed by atoms with Crippen molar-refractivity contribution in [3.05, 3.63) is 19.2 Å². The summed E-state index contributed by atoms with van der Waals surface area (Å²) in [6, 6.07) is 2.33. The summed E-state index contributed by atoms with van der Waals surface area (Å²) in [6.07, 6.45) is 5.99. The van der Waals surface area contributed by atoms with Gasteiger partial charge in [-0.05, 0) is 50.5 Å². The summed E-state index contributed by atoms with van der Waals surface area (Å²) in [7, 11) is 1.92. The SMILES string of the molecule is C#CCC(NC)c1cc(Br)sc1Br. The monoisotopic (exact) mass is 321 g/mol. The van der Waals surface area contributed by atoms with Crippen LogP contribution in [0.15, 0.2) is 13.6 Å². The van der Waals surface area contributed by atoms with Gasteiger partial charge >= 0.3 is 0 Å². The molecule has 1 rings (SSSR count). The number of hydrogen-bond donors (Lipinski definition) is 1. The lowest BCUT2D eigenvalue weighted by Crippen LogP contribution is -2.15. The molecule has 0 amide bonds. The van der Waals surface area contributed by atoms with Crippen LogP contribution in [0.2, 0.25) is 0 Å². The highest BCUT2D eigenvalue weighted by atomic mass is 79.9. The van der Waals surface area contributed by atoms with Crippen LogP contribution in [0.25, 0.3) is 0 Å². The molecule has 0 aliphatic heterocycles. The van der Waals surface area contributed by atoms with E-state index in [1.165, 1.54) is 5.56 Å². The van der Waals surface area contributed by atoms with Crippen molar-refractivity contribution < 1.29 is 0 Å². The molecule has 1 unspecified atom stereocenters. The van der Waals surface area contributed by atoms with E-state index in [2.05, 4.69) is 49.2 Å². The number of hydrogen-bond acceptors (Lipinski definition) is 2. The Morgan fingerprint density at radius 1 is 1.69 bits per heavy atom.